The summed E-state index contributed by atoms with van der Waals surface area (Å²) < 4.78 is 11.2. The van der Waals surface area contributed by atoms with Crippen LogP contribution in [0.2, 0.25) is 0 Å². The summed E-state index contributed by atoms with van der Waals surface area (Å²) in [5.41, 5.74) is 5.61. The van der Waals surface area contributed by atoms with E-state index in [4.69, 9.17) is 15.2 Å². The van der Waals surface area contributed by atoms with Crippen LogP contribution in [0.5, 0.6) is 0 Å². The summed E-state index contributed by atoms with van der Waals surface area (Å²) in [4.78, 5) is 14.5. The van der Waals surface area contributed by atoms with Crippen molar-refractivity contribution in [1.29, 1.82) is 0 Å². The maximum Gasteiger partial charge on any atom is 0.228 e. The van der Waals surface area contributed by atoms with E-state index < -0.39 is 0 Å². The molecule has 0 aromatic rings. The SMILES string of the molecule is CC1OC(C)C(C(=O)N2CCOC(CN)C2)C1C. The highest BCUT2D eigenvalue weighted by Crippen LogP contribution is 2.33. The molecule has 0 bridgehead atoms. The third-order valence-electron chi connectivity index (χ3n) is 4.24. The molecule has 5 unspecified atom stereocenters. The van der Waals surface area contributed by atoms with Crippen LogP contribution in [0.4, 0.5) is 0 Å². The van der Waals surface area contributed by atoms with E-state index in [1.54, 1.807) is 0 Å². The van der Waals surface area contributed by atoms with E-state index in [-0.39, 0.29) is 36.1 Å². The Labute approximate surface area is 109 Å². The average Bonchev–Trinajstić information content (AvgIpc) is 2.62. The van der Waals surface area contributed by atoms with Crippen LogP contribution in [0.3, 0.4) is 0 Å². The zero-order valence-electron chi connectivity index (χ0n) is 11.5. The van der Waals surface area contributed by atoms with Gasteiger partial charge in [-0.25, -0.2) is 0 Å². The molecule has 0 spiro atoms. The third-order valence-corrected chi connectivity index (χ3v) is 4.24. The van der Waals surface area contributed by atoms with Crippen molar-refractivity contribution >= 4 is 5.91 Å². The molecule has 5 nitrogen and oxygen atoms in total. The molecular formula is C13H24N2O3. The lowest BCUT2D eigenvalue weighted by atomic mass is 9.88. The first-order valence-corrected chi connectivity index (χ1v) is 6.80. The Bertz CT molecular complexity index is 311. The number of amides is 1. The van der Waals surface area contributed by atoms with Gasteiger partial charge in [0.25, 0.3) is 0 Å². The monoisotopic (exact) mass is 256 g/mol. The van der Waals surface area contributed by atoms with Crippen molar-refractivity contribution in [3.05, 3.63) is 0 Å². The molecule has 5 heteroatoms. The highest BCUT2D eigenvalue weighted by atomic mass is 16.5. The first-order chi connectivity index (χ1) is 8.54. The summed E-state index contributed by atoms with van der Waals surface area (Å²) in [6, 6.07) is 0. The minimum atomic E-state index is -0.0310. The van der Waals surface area contributed by atoms with E-state index >= 15 is 0 Å². The second kappa shape index (κ2) is 5.55. The van der Waals surface area contributed by atoms with Crippen LogP contribution >= 0.6 is 0 Å². The van der Waals surface area contributed by atoms with Gasteiger partial charge in [-0.2, -0.15) is 0 Å². The van der Waals surface area contributed by atoms with Gasteiger partial charge >= 0.3 is 0 Å². The van der Waals surface area contributed by atoms with Crippen molar-refractivity contribution in [2.24, 2.45) is 17.6 Å². The van der Waals surface area contributed by atoms with E-state index in [2.05, 4.69) is 6.92 Å². The minimum absolute atomic E-state index is 0.00155. The Kier molecular flexibility index (Phi) is 4.25. The predicted octanol–water partition coefficient (Wildman–Crippen LogP) is 0.232. The normalized spacial score (nSPS) is 41.1. The lowest BCUT2D eigenvalue weighted by Crippen LogP contribution is -2.51. The van der Waals surface area contributed by atoms with Gasteiger partial charge in [-0.3, -0.25) is 4.79 Å². The molecule has 18 heavy (non-hydrogen) atoms. The van der Waals surface area contributed by atoms with Crippen LogP contribution in [0, 0.1) is 11.8 Å². The van der Waals surface area contributed by atoms with Gasteiger partial charge in [0.2, 0.25) is 5.91 Å². The maximum atomic E-state index is 12.6. The van der Waals surface area contributed by atoms with Crippen molar-refractivity contribution in [2.45, 2.75) is 39.1 Å². The molecule has 2 heterocycles. The second-order valence-corrected chi connectivity index (χ2v) is 5.44. The number of ether oxygens (including phenoxy) is 2. The molecule has 2 N–H and O–H groups in total. The highest BCUT2D eigenvalue weighted by Gasteiger charge is 2.43. The summed E-state index contributed by atoms with van der Waals surface area (Å²) in [5.74, 6) is 0.435. The molecule has 0 radical (unpaired) electrons. The molecule has 1 amide bonds. The standard InChI is InChI=1S/C13H24N2O3/c1-8-9(2)18-10(3)12(8)13(16)15-4-5-17-11(6-14)7-15/h8-12H,4-7,14H2,1-3H3. The van der Waals surface area contributed by atoms with E-state index in [1.807, 2.05) is 18.7 Å². The van der Waals surface area contributed by atoms with Crippen LogP contribution in [-0.4, -0.2) is 55.4 Å². The predicted molar refractivity (Wildman–Crippen MR) is 68.0 cm³/mol. The lowest BCUT2D eigenvalue weighted by molar-refractivity contribution is -0.145. The highest BCUT2D eigenvalue weighted by molar-refractivity contribution is 5.80. The lowest BCUT2D eigenvalue weighted by Gasteiger charge is -2.35. The van der Waals surface area contributed by atoms with E-state index in [0.717, 1.165) is 0 Å². The van der Waals surface area contributed by atoms with Crippen molar-refractivity contribution in [1.82, 2.24) is 4.90 Å². The van der Waals surface area contributed by atoms with Crippen LogP contribution in [0.1, 0.15) is 20.8 Å². The molecule has 5 atom stereocenters. The van der Waals surface area contributed by atoms with Gasteiger partial charge in [-0.05, 0) is 19.8 Å². The van der Waals surface area contributed by atoms with Gasteiger partial charge in [0.05, 0.1) is 30.8 Å². The summed E-state index contributed by atoms with van der Waals surface area (Å²) >= 11 is 0. The number of hydrogen-bond acceptors (Lipinski definition) is 4. The van der Waals surface area contributed by atoms with Gasteiger partial charge < -0.3 is 20.1 Å². The fourth-order valence-electron chi connectivity index (χ4n) is 2.97. The Balaban J connectivity index is 2.02. The number of nitrogens with zero attached hydrogens (tertiary/aromatic N) is 1. The first-order valence-electron chi connectivity index (χ1n) is 6.80. The van der Waals surface area contributed by atoms with E-state index in [0.29, 0.717) is 26.2 Å². The van der Waals surface area contributed by atoms with E-state index in [9.17, 15) is 4.79 Å². The fraction of sp³-hybridized carbons (Fsp3) is 0.923. The van der Waals surface area contributed by atoms with Gasteiger partial charge in [-0.1, -0.05) is 6.92 Å². The van der Waals surface area contributed by atoms with Gasteiger partial charge in [0.15, 0.2) is 0 Å². The van der Waals surface area contributed by atoms with Crippen LogP contribution in [-0.2, 0) is 14.3 Å². The smallest absolute Gasteiger partial charge is 0.228 e. The summed E-state index contributed by atoms with van der Waals surface area (Å²) in [5, 5.41) is 0. The molecule has 0 aromatic heterocycles. The second-order valence-electron chi connectivity index (χ2n) is 5.44. The van der Waals surface area contributed by atoms with Gasteiger partial charge in [0.1, 0.15) is 0 Å². The number of nitrogens with two attached hydrogens (primary N) is 1. The minimum Gasteiger partial charge on any atom is -0.374 e. The maximum absolute atomic E-state index is 12.6. The molecule has 2 aliphatic heterocycles. The van der Waals surface area contributed by atoms with Crippen molar-refractivity contribution < 1.29 is 14.3 Å². The van der Waals surface area contributed by atoms with Crippen LogP contribution in [0.15, 0.2) is 0 Å². The van der Waals surface area contributed by atoms with Crippen molar-refractivity contribution in [2.75, 3.05) is 26.2 Å². The third kappa shape index (κ3) is 2.53. The first kappa shape index (κ1) is 13.8. The fourth-order valence-corrected chi connectivity index (χ4v) is 2.97. The molecule has 2 aliphatic rings. The molecule has 2 rings (SSSR count). The Hall–Kier alpha value is -0.650. The topological polar surface area (TPSA) is 64.8 Å². The van der Waals surface area contributed by atoms with E-state index in [1.165, 1.54) is 0 Å². The molecule has 0 aromatic carbocycles. The number of morpholine rings is 1. The number of carbonyl (C=O) groups is 1. The zero-order valence-corrected chi connectivity index (χ0v) is 11.5. The zero-order chi connectivity index (χ0) is 13.3. The molecule has 2 saturated heterocycles. The number of carbonyl (C=O) groups excluding carboxylic acids is 1. The largest absolute Gasteiger partial charge is 0.374 e. The summed E-state index contributed by atoms with van der Waals surface area (Å²) in [7, 11) is 0. The van der Waals surface area contributed by atoms with Crippen molar-refractivity contribution in [3.63, 3.8) is 0 Å². The Morgan fingerprint density at radius 3 is 2.61 bits per heavy atom. The molecule has 2 fully saturated rings. The quantitative estimate of drug-likeness (QED) is 0.768. The van der Waals surface area contributed by atoms with Crippen molar-refractivity contribution in [3.8, 4) is 0 Å². The summed E-state index contributed by atoms with van der Waals surface area (Å²) in [6.45, 7) is 8.45. The van der Waals surface area contributed by atoms with Crippen LogP contribution in [0.25, 0.3) is 0 Å². The van der Waals surface area contributed by atoms with Gasteiger partial charge in [0, 0.05) is 19.6 Å². The molecule has 0 aliphatic carbocycles. The molecular weight excluding hydrogens is 232 g/mol. The molecule has 0 saturated carbocycles. The number of rotatable bonds is 2. The van der Waals surface area contributed by atoms with Gasteiger partial charge in [-0.15, -0.1) is 0 Å². The number of hydrogen-bond donors (Lipinski definition) is 1. The Morgan fingerprint density at radius 2 is 2.06 bits per heavy atom. The summed E-state index contributed by atoms with van der Waals surface area (Å²) in [6.07, 6.45) is 0.134. The van der Waals surface area contributed by atoms with Crippen LogP contribution < -0.4 is 5.73 Å². The molecule has 104 valence electrons. The Morgan fingerprint density at radius 1 is 1.33 bits per heavy atom. The average molecular weight is 256 g/mol.